The van der Waals surface area contributed by atoms with E-state index in [1.807, 2.05) is 18.2 Å². The molecule has 1 aromatic carbocycles. The maximum absolute atomic E-state index is 11.9. The Balaban J connectivity index is 1.50. The van der Waals surface area contributed by atoms with Gasteiger partial charge in [-0.15, -0.1) is 0 Å². The maximum atomic E-state index is 11.9. The number of benzene rings is 1. The summed E-state index contributed by atoms with van der Waals surface area (Å²) in [5, 5.41) is 3.89. The fourth-order valence-corrected chi connectivity index (χ4v) is 2.78. The molecule has 1 heterocycles. The van der Waals surface area contributed by atoms with Crippen LogP contribution in [0.3, 0.4) is 0 Å². The second kappa shape index (κ2) is 6.83. The molecule has 1 aliphatic rings. The Kier molecular flexibility index (Phi) is 4.62. The van der Waals surface area contributed by atoms with Gasteiger partial charge in [0, 0.05) is 6.54 Å². The number of hydrogen-bond acceptors (Lipinski definition) is 4. The first-order valence-electron chi connectivity index (χ1n) is 7.63. The quantitative estimate of drug-likeness (QED) is 0.797. The molecule has 1 saturated carbocycles. The van der Waals surface area contributed by atoms with E-state index < -0.39 is 0 Å². The lowest BCUT2D eigenvalue weighted by Crippen LogP contribution is -2.24. The number of H-pyrrole nitrogens is 1. The number of ether oxygens (including phenoxy) is 1. The van der Waals surface area contributed by atoms with Crippen LogP contribution in [0.2, 0.25) is 0 Å². The third-order valence-electron chi connectivity index (χ3n) is 3.89. The van der Waals surface area contributed by atoms with Crippen molar-refractivity contribution in [2.24, 2.45) is 0 Å². The van der Waals surface area contributed by atoms with Crippen molar-refractivity contribution in [2.75, 3.05) is 13.2 Å². The van der Waals surface area contributed by atoms with E-state index in [2.05, 4.69) is 15.3 Å². The minimum absolute atomic E-state index is 0.0837. The van der Waals surface area contributed by atoms with Crippen LogP contribution in [0.1, 0.15) is 31.5 Å². The molecule has 3 rings (SSSR count). The smallest absolute Gasteiger partial charge is 0.258 e. The molecular formula is C16H21N3O2. The van der Waals surface area contributed by atoms with Crippen LogP contribution >= 0.6 is 0 Å². The number of rotatable bonds is 6. The van der Waals surface area contributed by atoms with Crippen LogP contribution in [-0.4, -0.2) is 29.2 Å². The molecule has 0 radical (unpaired) electrons. The molecule has 2 aromatic rings. The zero-order valence-electron chi connectivity index (χ0n) is 12.1. The Morgan fingerprint density at radius 2 is 2.10 bits per heavy atom. The second-order valence-electron chi connectivity index (χ2n) is 5.48. The highest BCUT2D eigenvalue weighted by molar-refractivity contribution is 5.77. The zero-order chi connectivity index (χ0) is 14.5. The van der Waals surface area contributed by atoms with Crippen molar-refractivity contribution in [1.29, 1.82) is 0 Å². The molecule has 2 N–H and O–H groups in total. The van der Waals surface area contributed by atoms with Crippen LogP contribution in [0.5, 0.6) is 0 Å². The van der Waals surface area contributed by atoms with Crippen molar-refractivity contribution in [2.45, 2.75) is 38.3 Å². The van der Waals surface area contributed by atoms with Crippen molar-refractivity contribution in [3.8, 4) is 0 Å². The monoisotopic (exact) mass is 287 g/mol. The van der Waals surface area contributed by atoms with E-state index in [1.165, 1.54) is 25.7 Å². The largest absolute Gasteiger partial charge is 0.377 e. The first-order chi connectivity index (χ1) is 10.3. The standard InChI is InChI=1S/C16H21N3O2/c20-16-13-7-3-4-8-14(13)18-15(19-16)11-17-9-10-21-12-5-1-2-6-12/h3-4,7-8,12,17H,1-2,5-6,9-11H2,(H,18,19,20). The SMILES string of the molecule is O=c1[nH]c(CNCCOC2CCCC2)nc2ccccc12. The molecule has 1 aromatic heterocycles. The van der Waals surface area contributed by atoms with Gasteiger partial charge < -0.3 is 15.0 Å². The third kappa shape index (κ3) is 3.68. The fourth-order valence-electron chi connectivity index (χ4n) is 2.78. The fraction of sp³-hybridized carbons (Fsp3) is 0.500. The van der Waals surface area contributed by atoms with Gasteiger partial charge in [0.1, 0.15) is 5.82 Å². The Hall–Kier alpha value is -1.72. The van der Waals surface area contributed by atoms with E-state index in [-0.39, 0.29) is 5.56 Å². The summed E-state index contributed by atoms with van der Waals surface area (Å²) in [4.78, 5) is 19.2. The van der Waals surface area contributed by atoms with Gasteiger partial charge in [-0.05, 0) is 25.0 Å². The molecule has 112 valence electrons. The van der Waals surface area contributed by atoms with E-state index in [9.17, 15) is 4.79 Å². The van der Waals surface area contributed by atoms with Gasteiger partial charge in [0.05, 0.1) is 30.2 Å². The van der Waals surface area contributed by atoms with Crippen molar-refractivity contribution in [3.05, 3.63) is 40.4 Å². The lowest BCUT2D eigenvalue weighted by atomic mass is 10.2. The highest BCUT2D eigenvalue weighted by Crippen LogP contribution is 2.20. The molecule has 0 aliphatic heterocycles. The summed E-state index contributed by atoms with van der Waals surface area (Å²) >= 11 is 0. The van der Waals surface area contributed by atoms with Crippen LogP contribution in [0.25, 0.3) is 10.9 Å². The summed E-state index contributed by atoms with van der Waals surface area (Å²) in [5.41, 5.74) is 0.653. The van der Waals surface area contributed by atoms with Gasteiger partial charge in [0.15, 0.2) is 0 Å². The number of fused-ring (bicyclic) bond motifs is 1. The molecular weight excluding hydrogens is 266 g/mol. The van der Waals surface area contributed by atoms with Gasteiger partial charge in [0.25, 0.3) is 5.56 Å². The molecule has 1 fully saturated rings. The number of nitrogens with one attached hydrogen (secondary N) is 2. The molecule has 21 heavy (non-hydrogen) atoms. The summed E-state index contributed by atoms with van der Waals surface area (Å²) < 4.78 is 5.78. The summed E-state index contributed by atoms with van der Waals surface area (Å²) in [6, 6.07) is 7.38. The lowest BCUT2D eigenvalue weighted by molar-refractivity contribution is 0.0602. The molecule has 5 nitrogen and oxygen atoms in total. The molecule has 0 bridgehead atoms. The minimum Gasteiger partial charge on any atom is -0.377 e. The highest BCUT2D eigenvalue weighted by atomic mass is 16.5. The number of nitrogens with zero attached hydrogens (tertiary/aromatic N) is 1. The molecule has 0 atom stereocenters. The van der Waals surface area contributed by atoms with Gasteiger partial charge in [-0.1, -0.05) is 25.0 Å². The Labute approximate surface area is 123 Å². The molecule has 0 saturated heterocycles. The van der Waals surface area contributed by atoms with E-state index in [0.717, 1.165) is 12.1 Å². The summed E-state index contributed by atoms with van der Waals surface area (Å²) in [5.74, 6) is 0.666. The average Bonchev–Trinajstić information content (AvgIpc) is 3.00. The number of hydrogen-bond donors (Lipinski definition) is 2. The van der Waals surface area contributed by atoms with E-state index in [0.29, 0.717) is 30.5 Å². The zero-order valence-corrected chi connectivity index (χ0v) is 12.1. The molecule has 5 heteroatoms. The number of para-hydroxylation sites is 1. The number of aromatic nitrogens is 2. The van der Waals surface area contributed by atoms with Gasteiger partial charge >= 0.3 is 0 Å². The van der Waals surface area contributed by atoms with Gasteiger partial charge in [-0.3, -0.25) is 4.79 Å². The van der Waals surface area contributed by atoms with Crippen LogP contribution < -0.4 is 10.9 Å². The second-order valence-corrected chi connectivity index (χ2v) is 5.48. The van der Waals surface area contributed by atoms with E-state index in [4.69, 9.17) is 4.74 Å². The van der Waals surface area contributed by atoms with Crippen molar-refractivity contribution in [1.82, 2.24) is 15.3 Å². The predicted molar refractivity (Wildman–Crippen MR) is 82.3 cm³/mol. The summed E-state index contributed by atoms with van der Waals surface area (Å²) in [6.07, 6.45) is 5.42. The van der Waals surface area contributed by atoms with Crippen LogP contribution in [-0.2, 0) is 11.3 Å². The Bertz CT molecular complexity index is 647. The van der Waals surface area contributed by atoms with E-state index >= 15 is 0 Å². The van der Waals surface area contributed by atoms with Crippen LogP contribution in [0.4, 0.5) is 0 Å². The summed E-state index contributed by atoms with van der Waals surface area (Å²) in [7, 11) is 0. The highest BCUT2D eigenvalue weighted by Gasteiger charge is 2.14. The van der Waals surface area contributed by atoms with Crippen molar-refractivity contribution < 1.29 is 4.74 Å². The van der Waals surface area contributed by atoms with Gasteiger partial charge in [0.2, 0.25) is 0 Å². The first kappa shape index (κ1) is 14.2. The maximum Gasteiger partial charge on any atom is 0.258 e. The van der Waals surface area contributed by atoms with Gasteiger partial charge in [-0.2, -0.15) is 0 Å². The van der Waals surface area contributed by atoms with Crippen LogP contribution in [0, 0.1) is 0 Å². The van der Waals surface area contributed by atoms with Gasteiger partial charge in [-0.25, -0.2) is 4.98 Å². The lowest BCUT2D eigenvalue weighted by Gasteiger charge is -2.11. The molecule has 0 unspecified atom stereocenters. The normalized spacial score (nSPS) is 15.8. The molecule has 0 spiro atoms. The minimum atomic E-state index is -0.0837. The van der Waals surface area contributed by atoms with Crippen molar-refractivity contribution >= 4 is 10.9 Å². The Morgan fingerprint density at radius 3 is 2.95 bits per heavy atom. The van der Waals surface area contributed by atoms with E-state index in [1.54, 1.807) is 6.07 Å². The third-order valence-corrected chi connectivity index (χ3v) is 3.89. The summed E-state index contributed by atoms with van der Waals surface area (Å²) in [6.45, 7) is 2.03. The topological polar surface area (TPSA) is 67.0 Å². The first-order valence-corrected chi connectivity index (χ1v) is 7.63. The molecule has 0 amide bonds. The van der Waals surface area contributed by atoms with Crippen molar-refractivity contribution in [3.63, 3.8) is 0 Å². The van der Waals surface area contributed by atoms with Crippen LogP contribution in [0.15, 0.2) is 29.1 Å². The predicted octanol–water partition coefficient (Wildman–Crippen LogP) is 1.97. The molecule has 1 aliphatic carbocycles. The number of aromatic amines is 1. The Morgan fingerprint density at radius 1 is 1.29 bits per heavy atom. The average molecular weight is 287 g/mol.